The van der Waals surface area contributed by atoms with E-state index >= 15 is 0 Å². The fourth-order valence-electron chi connectivity index (χ4n) is 2.29. The number of carbonyl (C=O) groups is 1. The number of hydrogen-bond donors (Lipinski definition) is 3. The molecule has 1 aromatic rings. The van der Waals surface area contributed by atoms with Crippen LogP contribution in [0, 0.1) is 0 Å². The third-order valence-electron chi connectivity index (χ3n) is 3.79. The quantitative estimate of drug-likeness (QED) is 0.461. The molecule has 0 saturated heterocycles. The number of guanidine groups is 1. The average Bonchev–Trinajstić information content (AvgIpc) is 2.59. The molecule has 1 atom stereocenters. The number of aliphatic imine (C=N–C) groups is 1. The van der Waals surface area contributed by atoms with E-state index in [2.05, 4.69) is 20.9 Å². The number of amides is 1. The van der Waals surface area contributed by atoms with Crippen molar-refractivity contribution in [2.24, 2.45) is 4.99 Å². The highest BCUT2D eigenvalue weighted by Crippen LogP contribution is 2.13. The van der Waals surface area contributed by atoms with E-state index in [1.54, 1.807) is 7.05 Å². The number of rotatable bonds is 7. The fraction of sp³-hybridized carbons (Fsp3) is 0.619. The lowest BCUT2D eigenvalue weighted by molar-refractivity contribution is 0.0636. The van der Waals surface area contributed by atoms with Crippen LogP contribution in [0.15, 0.2) is 29.3 Å². The smallest absolute Gasteiger partial charge is 0.412 e. The first-order chi connectivity index (χ1) is 13.4. The van der Waals surface area contributed by atoms with E-state index in [4.69, 9.17) is 4.74 Å². The first-order valence-corrected chi connectivity index (χ1v) is 11.1. The topological polar surface area (TPSA) is 91.8 Å². The van der Waals surface area contributed by atoms with Crippen molar-refractivity contribution in [3.8, 4) is 0 Å². The molecule has 0 fully saturated rings. The maximum absolute atomic E-state index is 12.1. The molecular formula is C21H36N4O3S. The van der Waals surface area contributed by atoms with Crippen LogP contribution in [0.25, 0.3) is 0 Å². The molecule has 0 bridgehead atoms. The Morgan fingerprint density at radius 2 is 1.62 bits per heavy atom. The van der Waals surface area contributed by atoms with E-state index in [-0.39, 0.29) is 4.75 Å². The van der Waals surface area contributed by atoms with Crippen LogP contribution in [0.1, 0.15) is 47.1 Å². The first-order valence-electron chi connectivity index (χ1n) is 9.82. The normalized spacial score (nSPS) is 13.6. The Hall–Kier alpha value is -2.09. The molecule has 1 amide bonds. The second-order valence-electron chi connectivity index (χ2n) is 8.66. The predicted octanol–water partition coefficient (Wildman–Crippen LogP) is 3.29. The minimum absolute atomic E-state index is 0.205. The molecule has 0 aromatic heterocycles. The Kier molecular flexibility index (Phi) is 9.62. The predicted molar refractivity (Wildman–Crippen MR) is 122 cm³/mol. The molecule has 7 nitrogen and oxygen atoms in total. The summed E-state index contributed by atoms with van der Waals surface area (Å²) in [6.45, 7) is 12.7. The van der Waals surface area contributed by atoms with Gasteiger partial charge in [-0.15, -0.1) is 0 Å². The van der Waals surface area contributed by atoms with Crippen LogP contribution in [0.2, 0.25) is 0 Å². The lowest BCUT2D eigenvalue weighted by Crippen LogP contribution is -2.41. The molecule has 0 heterocycles. The van der Waals surface area contributed by atoms with Gasteiger partial charge >= 0.3 is 6.09 Å². The second-order valence-corrected chi connectivity index (χ2v) is 11.0. The van der Waals surface area contributed by atoms with E-state index in [9.17, 15) is 9.00 Å². The molecule has 29 heavy (non-hydrogen) atoms. The van der Waals surface area contributed by atoms with Crippen molar-refractivity contribution in [1.29, 1.82) is 0 Å². The summed E-state index contributed by atoms with van der Waals surface area (Å²) in [5.41, 5.74) is 1.31. The number of benzene rings is 1. The van der Waals surface area contributed by atoms with Crippen LogP contribution in [-0.4, -0.2) is 52.5 Å². The molecule has 0 aliphatic heterocycles. The number of carbonyl (C=O) groups excluding carboxylic acids is 1. The summed E-state index contributed by atoms with van der Waals surface area (Å²) < 4.78 is 17.1. The SMILES string of the molecule is CN=C(NCCc1ccc(NC(=O)OC(C)(C)C)cc1)NCCS(=O)C(C)(C)C. The molecule has 1 aromatic carbocycles. The van der Waals surface area contributed by atoms with Crippen LogP contribution in [0.5, 0.6) is 0 Å². The molecule has 1 rings (SSSR count). The molecule has 0 aliphatic carbocycles. The van der Waals surface area contributed by atoms with Crippen LogP contribution in [-0.2, 0) is 22.0 Å². The van der Waals surface area contributed by atoms with Gasteiger partial charge in [0.15, 0.2) is 5.96 Å². The number of nitrogens with zero attached hydrogens (tertiary/aromatic N) is 1. The van der Waals surface area contributed by atoms with E-state index in [0.717, 1.165) is 12.0 Å². The van der Waals surface area contributed by atoms with Gasteiger partial charge in [0, 0.05) is 47.1 Å². The van der Waals surface area contributed by atoms with Gasteiger partial charge in [-0.25, -0.2) is 4.79 Å². The van der Waals surface area contributed by atoms with E-state index in [0.29, 0.717) is 30.5 Å². The van der Waals surface area contributed by atoms with Gasteiger partial charge in [-0.05, 0) is 65.7 Å². The Balaban J connectivity index is 2.37. The zero-order valence-electron chi connectivity index (χ0n) is 18.7. The van der Waals surface area contributed by atoms with Gasteiger partial charge in [0.2, 0.25) is 0 Å². The minimum Gasteiger partial charge on any atom is -0.444 e. The van der Waals surface area contributed by atoms with Crippen molar-refractivity contribution in [1.82, 2.24) is 10.6 Å². The summed E-state index contributed by atoms with van der Waals surface area (Å²) in [6.07, 6.45) is 0.343. The van der Waals surface area contributed by atoms with Crippen molar-refractivity contribution in [3.05, 3.63) is 29.8 Å². The molecule has 0 aliphatic rings. The Morgan fingerprint density at radius 3 is 2.14 bits per heavy atom. The lowest BCUT2D eigenvalue weighted by Gasteiger charge is -2.19. The zero-order valence-corrected chi connectivity index (χ0v) is 19.5. The molecule has 0 radical (unpaired) electrons. The standard InChI is InChI=1S/C21H36N4O3S/c1-20(2,3)28-19(26)25-17-10-8-16(9-11-17)12-13-23-18(22-7)24-14-15-29(27)21(4,5)6/h8-11H,12-15H2,1-7H3,(H,25,26)(H2,22,23,24). The van der Waals surface area contributed by atoms with Crippen LogP contribution in [0.4, 0.5) is 10.5 Å². The highest BCUT2D eigenvalue weighted by atomic mass is 32.2. The van der Waals surface area contributed by atoms with Gasteiger partial charge in [-0.2, -0.15) is 0 Å². The van der Waals surface area contributed by atoms with Gasteiger partial charge in [-0.1, -0.05) is 12.1 Å². The summed E-state index contributed by atoms with van der Waals surface area (Å²) in [5, 5.41) is 9.17. The highest BCUT2D eigenvalue weighted by Gasteiger charge is 2.18. The second kappa shape index (κ2) is 11.2. The first kappa shape index (κ1) is 24.9. The number of anilines is 1. The van der Waals surface area contributed by atoms with Crippen LogP contribution < -0.4 is 16.0 Å². The molecule has 3 N–H and O–H groups in total. The fourth-order valence-corrected chi connectivity index (χ4v) is 3.19. The maximum atomic E-state index is 12.1. The minimum atomic E-state index is -0.888. The largest absolute Gasteiger partial charge is 0.444 e. The van der Waals surface area contributed by atoms with E-state index < -0.39 is 22.5 Å². The van der Waals surface area contributed by atoms with Crippen molar-refractivity contribution < 1.29 is 13.7 Å². The van der Waals surface area contributed by atoms with Crippen molar-refractivity contribution >= 4 is 28.5 Å². The number of ether oxygens (including phenoxy) is 1. The summed E-state index contributed by atoms with van der Waals surface area (Å²) in [7, 11) is 0.828. The third kappa shape index (κ3) is 10.9. The van der Waals surface area contributed by atoms with E-state index in [1.807, 2.05) is 65.8 Å². The average molecular weight is 425 g/mol. The number of nitrogens with one attached hydrogen (secondary N) is 3. The van der Waals surface area contributed by atoms with Crippen molar-refractivity contribution in [3.63, 3.8) is 0 Å². The third-order valence-corrected chi connectivity index (χ3v) is 5.73. The van der Waals surface area contributed by atoms with Gasteiger partial charge in [0.1, 0.15) is 5.60 Å². The molecule has 164 valence electrons. The summed E-state index contributed by atoms with van der Waals surface area (Å²) in [5.74, 6) is 1.27. The Morgan fingerprint density at radius 1 is 1.03 bits per heavy atom. The van der Waals surface area contributed by atoms with Crippen molar-refractivity contribution in [2.45, 2.75) is 58.3 Å². The molecular weight excluding hydrogens is 388 g/mol. The Bertz CT molecular complexity index is 704. The molecule has 8 heteroatoms. The zero-order chi connectivity index (χ0) is 22.1. The molecule has 0 spiro atoms. The molecule has 1 unspecified atom stereocenters. The van der Waals surface area contributed by atoms with Crippen molar-refractivity contribution in [2.75, 3.05) is 31.2 Å². The molecule has 0 saturated carbocycles. The summed E-state index contributed by atoms with van der Waals surface area (Å²) in [4.78, 5) is 16.0. The monoisotopic (exact) mass is 424 g/mol. The van der Waals surface area contributed by atoms with Crippen LogP contribution in [0.3, 0.4) is 0 Å². The van der Waals surface area contributed by atoms with Gasteiger partial charge < -0.3 is 15.4 Å². The van der Waals surface area contributed by atoms with E-state index in [1.165, 1.54) is 0 Å². The lowest BCUT2D eigenvalue weighted by atomic mass is 10.1. The number of hydrogen-bond acceptors (Lipinski definition) is 4. The maximum Gasteiger partial charge on any atom is 0.412 e. The van der Waals surface area contributed by atoms with Gasteiger partial charge in [0.05, 0.1) is 0 Å². The Labute approximate surface area is 177 Å². The summed E-state index contributed by atoms with van der Waals surface area (Å²) >= 11 is 0. The summed E-state index contributed by atoms with van der Waals surface area (Å²) in [6, 6.07) is 7.65. The highest BCUT2D eigenvalue weighted by molar-refractivity contribution is 7.86. The van der Waals surface area contributed by atoms with Gasteiger partial charge in [-0.3, -0.25) is 14.5 Å². The van der Waals surface area contributed by atoms with Gasteiger partial charge in [0.25, 0.3) is 0 Å². The van der Waals surface area contributed by atoms with Crippen LogP contribution >= 0.6 is 0 Å².